The van der Waals surface area contributed by atoms with Crippen molar-refractivity contribution < 1.29 is 9.47 Å². The minimum Gasteiger partial charge on any atom is -0.493 e. The number of hydrogen-bond acceptors (Lipinski definition) is 5. The smallest absolute Gasteiger partial charge is 0.237 e. The second-order valence-electron chi connectivity index (χ2n) is 4.38. The average Bonchev–Trinajstić information content (AvgIpc) is 2.38. The summed E-state index contributed by atoms with van der Waals surface area (Å²) >= 11 is 0. The molecule has 0 bridgehead atoms. The molecule has 5 heteroatoms. The molecule has 0 saturated carbocycles. The second kappa shape index (κ2) is 5.49. The fraction of sp³-hybridized carbons (Fsp3) is 0.200. The fourth-order valence-electron chi connectivity index (χ4n) is 1.89. The second-order valence-corrected chi connectivity index (χ2v) is 4.38. The molecule has 0 fully saturated rings. The topological polar surface area (TPSA) is 81.2 Å². The fourth-order valence-corrected chi connectivity index (χ4v) is 1.89. The molecule has 0 radical (unpaired) electrons. The van der Waals surface area contributed by atoms with Crippen molar-refractivity contribution in [1.82, 2.24) is 4.98 Å². The number of nitriles is 1. The number of aromatic nitrogens is 1. The number of pyridine rings is 1. The van der Waals surface area contributed by atoms with Gasteiger partial charge in [-0.05, 0) is 37.6 Å². The number of nitrogen functional groups attached to an aromatic ring is 1. The molecule has 1 heterocycles. The molecule has 5 nitrogen and oxygen atoms in total. The monoisotopic (exact) mass is 269 g/mol. The van der Waals surface area contributed by atoms with Crippen LogP contribution in [0.15, 0.2) is 24.3 Å². The van der Waals surface area contributed by atoms with E-state index in [1.54, 1.807) is 25.3 Å². The number of methoxy groups -OCH3 is 1. The van der Waals surface area contributed by atoms with Crippen molar-refractivity contribution >= 4 is 5.69 Å². The summed E-state index contributed by atoms with van der Waals surface area (Å²) in [6.45, 7) is 3.69. The quantitative estimate of drug-likeness (QED) is 0.866. The predicted molar refractivity (Wildman–Crippen MR) is 75.9 cm³/mol. The van der Waals surface area contributed by atoms with Gasteiger partial charge in [-0.15, -0.1) is 0 Å². The van der Waals surface area contributed by atoms with Crippen LogP contribution in [-0.4, -0.2) is 12.1 Å². The molecule has 2 rings (SSSR count). The van der Waals surface area contributed by atoms with E-state index in [0.717, 1.165) is 11.3 Å². The van der Waals surface area contributed by atoms with Crippen LogP contribution in [0, 0.1) is 25.2 Å². The number of ether oxygens (including phenoxy) is 2. The summed E-state index contributed by atoms with van der Waals surface area (Å²) in [7, 11) is 1.54. The van der Waals surface area contributed by atoms with Crippen LogP contribution in [0.3, 0.4) is 0 Å². The van der Waals surface area contributed by atoms with Gasteiger partial charge in [-0.1, -0.05) is 0 Å². The third-order valence-corrected chi connectivity index (χ3v) is 2.82. The molecule has 102 valence electrons. The zero-order valence-electron chi connectivity index (χ0n) is 11.6. The summed E-state index contributed by atoms with van der Waals surface area (Å²) < 4.78 is 10.9. The molecule has 2 aromatic rings. The first-order valence-corrected chi connectivity index (χ1v) is 6.05. The van der Waals surface area contributed by atoms with Crippen LogP contribution in [0.2, 0.25) is 0 Å². The zero-order chi connectivity index (χ0) is 14.7. The maximum absolute atomic E-state index is 9.22. The van der Waals surface area contributed by atoms with Gasteiger partial charge in [-0.25, -0.2) is 4.98 Å². The van der Waals surface area contributed by atoms with Gasteiger partial charge in [0, 0.05) is 17.4 Å². The lowest BCUT2D eigenvalue weighted by Crippen LogP contribution is -1.99. The molecule has 0 aliphatic heterocycles. The van der Waals surface area contributed by atoms with Crippen molar-refractivity contribution in [3.8, 4) is 23.4 Å². The number of benzene rings is 1. The number of hydrogen-bond donors (Lipinski definition) is 1. The SMILES string of the molecule is COc1ccc(N)cc1Oc1nc(C)cc(C)c1C#N. The van der Waals surface area contributed by atoms with Gasteiger partial charge in [0.2, 0.25) is 5.88 Å². The first kappa shape index (κ1) is 13.7. The van der Waals surface area contributed by atoms with Crippen LogP contribution >= 0.6 is 0 Å². The number of rotatable bonds is 3. The summed E-state index contributed by atoms with van der Waals surface area (Å²) in [5.41, 5.74) is 8.29. The third kappa shape index (κ3) is 2.64. The van der Waals surface area contributed by atoms with Crippen LogP contribution in [-0.2, 0) is 0 Å². The number of aryl methyl sites for hydroxylation is 2. The van der Waals surface area contributed by atoms with Gasteiger partial charge in [0.1, 0.15) is 11.6 Å². The molecule has 0 unspecified atom stereocenters. The highest BCUT2D eigenvalue weighted by molar-refractivity contribution is 5.54. The van der Waals surface area contributed by atoms with Crippen LogP contribution in [0.25, 0.3) is 0 Å². The van der Waals surface area contributed by atoms with E-state index in [1.165, 1.54) is 0 Å². The van der Waals surface area contributed by atoms with Gasteiger partial charge in [0.25, 0.3) is 0 Å². The number of nitrogens with zero attached hydrogens (tertiary/aromatic N) is 2. The molecule has 0 spiro atoms. The predicted octanol–water partition coefficient (Wildman–Crippen LogP) is 2.95. The lowest BCUT2D eigenvalue weighted by Gasteiger charge is -2.12. The average molecular weight is 269 g/mol. The summed E-state index contributed by atoms with van der Waals surface area (Å²) in [5, 5.41) is 9.22. The van der Waals surface area contributed by atoms with Crippen molar-refractivity contribution in [2.45, 2.75) is 13.8 Å². The standard InChI is InChI=1S/C15H15N3O2/c1-9-6-10(2)18-15(12(9)8-16)20-14-7-11(17)4-5-13(14)19-3/h4-7H,17H2,1-3H3. The van der Waals surface area contributed by atoms with Crippen LogP contribution in [0.1, 0.15) is 16.8 Å². The summed E-state index contributed by atoms with van der Waals surface area (Å²) in [5.74, 6) is 1.22. The summed E-state index contributed by atoms with van der Waals surface area (Å²) in [4.78, 5) is 4.26. The molecule has 0 aliphatic rings. The maximum atomic E-state index is 9.22. The Morgan fingerprint density at radius 2 is 1.95 bits per heavy atom. The summed E-state index contributed by atoms with van der Waals surface area (Å²) in [6, 6.07) is 9.00. The third-order valence-electron chi connectivity index (χ3n) is 2.82. The Kier molecular flexibility index (Phi) is 3.76. The van der Waals surface area contributed by atoms with Crippen LogP contribution < -0.4 is 15.2 Å². The van der Waals surface area contributed by atoms with Crippen molar-refractivity contribution in [3.05, 3.63) is 41.1 Å². The van der Waals surface area contributed by atoms with Crippen molar-refractivity contribution in [2.24, 2.45) is 0 Å². The van der Waals surface area contributed by atoms with Gasteiger partial charge in [0.05, 0.1) is 7.11 Å². The molecule has 20 heavy (non-hydrogen) atoms. The van der Waals surface area contributed by atoms with Gasteiger partial charge < -0.3 is 15.2 Å². The Morgan fingerprint density at radius 1 is 1.20 bits per heavy atom. The van der Waals surface area contributed by atoms with Gasteiger partial charge in [0.15, 0.2) is 11.5 Å². The number of anilines is 1. The zero-order valence-corrected chi connectivity index (χ0v) is 11.6. The molecule has 0 aliphatic carbocycles. The van der Waals surface area contributed by atoms with E-state index in [-0.39, 0.29) is 5.88 Å². The molecule has 1 aromatic heterocycles. The normalized spacial score (nSPS) is 9.90. The van der Waals surface area contributed by atoms with Crippen molar-refractivity contribution in [2.75, 3.05) is 12.8 Å². The van der Waals surface area contributed by atoms with E-state index in [2.05, 4.69) is 11.1 Å². The van der Waals surface area contributed by atoms with E-state index in [0.29, 0.717) is 22.7 Å². The molecule has 0 atom stereocenters. The largest absolute Gasteiger partial charge is 0.493 e. The lowest BCUT2D eigenvalue weighted by molar-refractivity contribution is 0.373. The highest BCUT2D eigenvalue weighted by atomic mass is 16.5. The highest BCUT2D eigenvalue weighted by Crippen LogP contribution is 2.34. The Hall–Kier alpha value is -2.74. The Bertz CT molecular complexity index is 690. The molecule has 0 amide bonds. The number of nitrogens with two attached hydrogens (primary N) is 1. The first-order valence-electron chi connectivity index (χ1n) is 6.05. The van der Waals surface area contributed by atoms with E-state index >= 15 is 0 Å². The van der Waals surface area contributed by atoms with Crippen LogP contribution in [0.4, 0.5) is 5.69 Å². The van der Waals surface area contributed by atoms with Crippen molar-refractivity contribution in [1.29, 1.82) is 5.26 Å². The Morgan fingerprint density at radius 3 is 2.60 bits per heavy atom. The lowest BCUT2D eigenvalue weighted by atomic mass is 10.1. The Labute approximate surface area is 117 Å². The minimum atomic E-state index is 0.258. The van der Waals surface area contributed by atoms with E-state index in [4.69, 9.17) is 15.2 Å². The Balaban J connectivity index is 2.50. The van der Waals surface area contributed by atoms with Gasteiger partial charge in [-0.3, -0.25) is 0 Å². The maximum Gasteiger partial charge on any atom is 0.237 e. The van der Waals surface area contributed by atoms with Gasteiger partial charge in [-0.2, -0.15) is 5.26 Å². The molecule has 0 saturated heterocycles. The van der Waals surface area contributed by atoms with E-state index in [1.807, 2.05) is 19.9 Å². The highest BCUT2D eigenvalue weighted by Gasteiger charge is 2.13. The van der Waals surface area contributed by atoms with E-state index < -0.39 is 0 Å². The molecule has 2 N–H and O–H groups in total. The van der Waals surface area contributed by atoms with Crippen molar-refractivity contribution in [3.63, 3.8) is 0 Å². The summed E-state index contributed by atoms with van der Waals surface area (Å²) in [6.07, 6.45) is 0. The molecular formula is C15H15N3O2. The van der Waals surface area contributed by atoms with Gasteiger partial charge >= 0.3 is 0 Å². The first-order chi connectivity index (χ1) is 9.55. The van der Waals surface area contributed by atoms with E-state index in [9.17, 15) is 5.26 Å². The minimum absolute atomic E-state index is 0.258. The molecular weight excluding hydrogens is 254 g/mol. The van der Waals surface area contributed by atoms with Crippen LogP contribution in [0.5, 0.6) is 17.4 Å². The molecule has 1 aromatic carbocycles.